The van der Waals surface area contributed by atoms with Crippen molar-refractivity contribution in [2.75, 3.05) is 12.4 Å². The van der Waals surface area contributed by atoms with Crippen LogP contribution in [0.1, 0.15) is 11.1 Å². The molecule has 4 nitrogen and oxygen atoms in total. The molecule has 0 spiro atoms. The smallest absolute Gasteiger partial charge is 0.228 e. The number of nitrogens with one attached hydrogen (secondary N) is 1. The fourth-order valence-electron chi connectivity index (χ4n) is 1.65. The standard InChI is InChI=1S/C10H12N2O2/c1-14-8-3-6(5-11)2-7-4-9(13)12-10(7)8/h2-3H,4-5,11H2,1H3,(H,12,13). The van der Waals surface area contributed by atoms with Gasteiger partial charge in [0.1, 0.15) is 5.75 Å². The van der Waals surface area contributed by atoms with Crippen LogP contribution in [-0.4, -0.2) is 13.0 Å². The minimum atomic E-state index is 0.00692. The molecular formula is C10H12N2O2. The van der Waals surface area contributed by atoms with E-state index in [9.17, 15) is 4.79 Å². The van der Waals surface area contributed by atoms with Crippen molar-refractivity contribution in [3.63, 3.8) is 0 Å². The van der Waals surface area contributed by atoms with E-state index in [2.05, 4.69) is 5.32 Å². The lowest BCUT2D eigenvalue weighted by atomic mass is 10.1. The van der Waals surface area contributed by atoms with Crippen LogP contribution in [0.5, 0.6) is 5.75 Å². The van der Waals surface area contributed by atoms with Crippen LogP contribution < -0.4 is 15.8 Å². The summed E-state index contributed by atoms with van der Waals surface area (Å²) in [7, 11) is 1.58. The van der Waals surface area contributed by atoms with Gasteiger partial charge in [-0.05, 0) is 17.2 Å². The summed E-state index contributed by atoms with van der Waals surface area (Å²) in [5.74, 6) is 0.696. The van der Waals surface area contributed by atoms with Crippen molar-refractivity contribution in [2.45, 2.75) is 13.0 Å². The molecule has 0 aromatic heterocycles. The number of benzene rings is 1. The first-order valence-corrected chi connectivity index (χ1v) is 4.44. The molecule has 1 aliphatic rings. The maximum absolute atomic E-state index is 11.2. The number of nitrogens with two attached hydrogens (primary N) is 1. The first-order chi connectivity index (χ1) is 6.74. The summed E-state index contributed by atoms with van der Waals surface area (Å²) in [5, 5.41) is 2.76. The topological polar surface area (TPSA) is 64.3 Å². The van der Waals surface area contributed by atoms with E-state index in [0.29, 0.717) is 18.7 Å². The average molecular weight is 192 g/mol. The Hall–Kier alpha value is -1.55. The second-order valence-corrected chi connectivity index (χ2v) is 3.26. The molecule has 3 N–H and O–H groups in total. The van der Waals surface area contributed by atoms with Gasteiger partial charge in [0, 0.05) is 6.54 Å². The summed E-state index contributed by atoms with van der Waals surface area (Å²) in [6.45, 7) is 0.456. The molecule has 0 saturated carbocycles. The van der Waals surface area contributed by atoms with Crippen molar-refractivity contribution >= 4 is 11.6 Å². The Bertz CT molecular complexity index is 388. The maximum atomic E-state index is 11.2. The van der Waals surface area contributed by atoms with Crippen molar-refractivity contribution in [3.05, 3.63) is 23.3 Å². The lowest BCUT2D eigenvalue weighted by Crippen LogP contribution is -2.04. The molecule has 4 heteroatoms. The highest BCUT2D eigenvalue weighted by atomic mass is 16.5. The molecule has 1 aromatic carbocycles. The monoisotopic (exact) mass is 192 g/mol. The molecule has 74 valence electrons. The number of anilines is 1. The molecule has 1 aliphatic heterocycles. The fourth-order valence-corrected chi connectivity index (χ4v) is 1.65. The highest BCUT2D eigenvalue weighted by Gasteiger charge is 2.21. The Kier molecular flexibility index (Phi) is 2.13. The van der Waals surface area contributed by atoms with E-state index < -0.39 is 0 Å². The van der Waals surface area contributed by atoms with Gasteiger partial charge in [-0.2, -0.15) is 0 Å². The number of hydrogen-bond donors (Lipinski definition) is 2. The molecule has 1 amide bonds. The van der Waals surface area contributed by atoms with Crippen LogP contribution >= 0.6 is 0 Å². The van der Waals surface area contributed by atoms with E-state index in [1.807, 2.05) is 12.1 Å². The first kappa shape index (κ1) is 9.02. The van der Waals surface area contributed by atoms with Crippen molar-refractivity contribution in [2.24, 2.45) is 5.73 Å². The second-order valence-electron chi connectivity index (χ2n) is 3.26. The molecule has 1 aromatic rings. The molecule has 0 saturated heterocycles. The van der Waals surface area contributed by atoms with E-state index in [1.54, 1.807) is 7.11 Å². The van der Waals surface area contributed by atoms with Crippen LogP contribution in [0.2, 0.25) is 0 Å². The van der Waals surface area contributed by atoms with Gasteiger partial charge in [-0.3, -0.25) is 4.79 Å². The Balaban J connectivity index is 2.51. The molecule has 0 atom stereocenters. The summed E-state index contributed by atoms with van der Waals surface area (Å²) in [6.07, 6.45) is 0.416. The third kappa shape index (κ3) is 1.33. The summed E-state index contributed by atoms with van der Waals surface area (Å²) >= 11 is 0. The third-order valence-electron chi connectivity index (χ3n) is 2.31. The normalized spacial score (nSPS) is 13.7. The number of rotatable bonds is 2. The molecule has 14 heavy (non-hydrogen) atoms. The molecule has 0 unspecified atom stereocenters. The van der Waals surface area contributed by atoms with Crippen LogP contribution in [0.4, 0.5) is 5.69 Å². The van der Waals surface area contributed by atoms with Crippen molar-refractivity contribution in [1.82, 2.24) is 0 Å². The summed E-state index contributed by atoms with van der Waals surface area (Å²) < 4.78 is 5.18. The van der Waals surface area contributed by atoms with Gasteiger partial charge in [0.05, 0.1) is 19.2 Å². The third-order valence-corrected chi connectivity index (χ3v) is 2.31. The van der Waals surface area contributed by atoms with Gasteiger partial charge >= 0.3 is 0 Å². The Morgan fingerprint density at radius 1 is 1.57 bits per heavy atom. The van der Waals surface area contributed by atoms with Gasteiger partial charge < -0.3 is 15.8 Å². The van der Waals surface area contributed by atoms with Crippen LogP contribution in [0, 0.1) is 0 Å². The number of ether oxygens (including phenoxy) is 1. The summed E-state index contributed by atoms with van der Waals surface area (Å²) in [6, 6.07) is 3.79. The van der Waals surface area contributed by atoms with E-state index in [4.69, 9.17) is 10.5 Å². The van der Waals surface area contributed by atoms with Gasteiger partial charge in [0.25, 0.3) is 0 Å². The number of hydrogen-bond acceptors (Lipinski definition) is 3. The molecule has 0 radical (unpaired) electrons. The zero-order valence-electron chi connectivity index (χ0n) is 7.96. The quantitative estimate of drug-likeness (QED) is 0.723. The predicted molar refractivity (Wildman–Crippen MR) is 53.2 cm³/mol. The largest absolute Gasteiger partial charge is 0.495 e. The lowest BCUT2D eigenvalue weighted by Gasteiger charge is -2.08. The summed E-state index contributed by atoms with van der Waals surface area (Å²) in [5.41, 5.74) is 8.28. The Morgan fingerprint density at radius 3 is 3.00 bits per heavy atom. The van der Waals surface area contributed by atoms with Crippen molar-refractivity contribution in [1.29, 1.82) is 0 Å². The number of methoxy groups -OCH3 is 1. The molecule has 0 bridgehead atoms. The van der Waals surface area contributed by atoms with Crippen molar-refractivity contribution in [3.8, 4) is 5.75 Å². The molecular weight excluding hydrogens is 180 g/mol. The van der Waals surface area contributed by atoms with Crippen molar-refractivity contribution < 1.29 is 9.53 Å². The maximum Gasteiger partial charge on any atom is 0.228 e. The first-order valence-electron chi connectivity index (χ1n) is 4.44. The van der Waals surface area contributed by atoms with E-state index >= 15 is 0 Å². The number of carbonyl (C=O) groups is 1. The van der Waals surface area contributed by atoms with Gasteiger partial charge in [-0.15, -0.1) is 0 Å². The van der Waals surface area contributed by atoms with Crippen LogP contribution in [0.15, 0.2) is 12.1 Å². The van der Waals surface area contributed by atoms with Gasteiger partial charge in [0.2, 0.25) is 5.91 Å². The highest BCUT2D eigenvalue weighted by Crippen LogP contribution is 2.34. The van der Waals surface area contributed by atoms with Crippen LogP contribution in [-0.2, 0) is 17.8 Å². The average Bonchev–Trinajstić information content (AvgIpc) is 2.56. The molecule has 0 aliphatic carbocycles. The summed E-state index contributed by atoms with van der Waals surface area (Å²) in [4.78, 5) is 11.2. The zero-order valence-corrected chi connectivity index (χ0v) is 7.96. The zero-order chi connectivity index (χ0) is 10.1. The SMILES string of the molecule is COc1cc(CN)cc2c1NC(=O)C2. The fraction of sp³-hybridized carbons (Fsp3) is 0.300. The van der Waals surface area contributed by atoms with E-state index in [0.717, 1.165) is 16.8 Å². The number of fused-ring (bicyclic) bond motifs is 1. The Labute approximate surface area is 82.1 Å². The Morgan fingerprint density at radius 2 is 2.36 bits per heavy atom. The van der Waals surface area contributed by atoms with Gasteiger partial charge in [0.15, 0.2) is 0 Å². The van der Waals surface area contributed by atoms with Crippen LogP contribution in [0.3, 0.4) is 0 Å². The molecule has 1 heterocycles. The lowest BCUT2D eigenvalue weighted by molar-refractivity contribution is -0.115. The van der Waals surface area contributed by atoms with Gasteiger partial charge in [-0.25, -0.2) is 0 Å². The van der Waals surface area contributed by atoms with E-state index in [1.165, 1.54) is 0 Å². The minimum absolute atomic E-state index is 0.00692. The van der Waals surface area contributed by atoms with Crippen LogP contribution in [0.25, 0.3) is 0 Å². The predicted octanol–water partition coefficient (Wildman–Crippen LogP) is 0.649. The number of carbonyl (C=O) groups excluding carboxylic acids is 1. The van der Waals surface area contributed by atoms with Gasteiger partial charge in [-0.1, -0.05) is 6.07 Å². The highest BCUT2D eigenvalue weighted by molar-refractivity contribution is 6.01. The number of amides is 1. The molecule has 0 fully saturated rings. The minimum Gasteiger partial charge on any atom is -0.495 e. The van der Waals surface area contributed by atoms with E-state index in [-0.39, 0.29) is 5.91 Å². The molecule has 2 rings (SSSR count). The second kappa shape index (κ2) is 3.31.